The SMILES string of the molecule is CCOC(=O)C1=C(NC(=O)c2ccc(C(C)(C)C)cc2)S[C@H]2CCCCCCCCCC[C@@H]12. The zero-order valence-electron chi connectivity index (χ0n) is 20.9. The number of amides is 1. The van der Waals surface area contributed by atoms with Gasteiger partial charge in [-0.1, -0.05) is 84.3 Å². The Balaban J connectivity index is 1.82. The fourth-order valence-electron chi connectivity index (χ4n) is 4.86. The van der Waals surface area contributed by atoms with E-state index in [4.69, 9.17) is 4.74 Å². The highest BCUT2D eigenvalue weighted by Gasteiger charge is 2.40. The van der Waals surface area contributed by atoms with Crippen LogP contribution in [-0.4, -0.2) is 23.7 Å². The summed E-state index contributed by atoms with van der Waals surface area (Å²) >= 11 is 1.68. The van der Waals surface area contributed by atoms with E-state index < -0.39 is 0 Å². The zero-order chi connectivity index (χ0) is 23.8. The Morgan fingerprint density at radius 1 is 0.939 bits per heavy atom. The van der Waals surface area contributed by atoms with E-state index >= 15 is 0 Å². The molecule has 1 aliphatic carbocycles. The topological polar surface area (TPSA) is 55.4 Å². The van der Waals surface area contributed by atoms with Crippen LogP contribution in [0.1, 0.15) is 108 Å². The normalized spacial score (nSPS) is 22.7. The van der Waals surface area contributed by atoms with Crippen molar-refractivity contribution in [1.29, 1.82) is 0 Å². The third-order valence-corrected chi connectivity index (χ3v) is 8.25. The molecule has 182 valence electrons. The Hall–Kier alpha value is -1.75. The van der Waals surface area contributed by atoms with E-state index in [-0.39, 0.29) is 23.2 Å². The van der Waals surface area contributed by atoms with Crippen molar-refractivity contribution in [3.63, 3.8) is 0 Å². The molecule has 1 heterocycles. The van der Waals surface area contributed by atoms with Gasteiger partial charge in [-0.05, 0) is 42.9 Å². The molecule has 1 aromatic carbocycles. The van der Waals surface area contributed by atoms with Crippen molar-refractivity contribution in [2.75, 3.05) is 6.61 Å². The molecular weight excluding hydrogens is 430 g/mol. The summed E-state index contributed by atoms with van der Waals surface area (Å²) < 4.78 is 5.46. The molecule has 1 amide bonds. The molecule has 1 aromatic rings. The molecule has 4 nitrogen and oxygen atoms in total. The summed E-state index contributed by atoms with van der Waals surface area (Å²) in [5.74, 6) is -0.257. The van der Waals surface area contributed by atoms with Crippen LogP contribution in [0.3, 0.4) is 0 Å². The number of carbonyl (C=O) groups excluding carboxylic acids is 2. The Bertz CT molecular complexity index is 838. The zero-order valence-corrected chi connectivity index (χ0v) is 21.7. The van der Waals surface area contributed by atoms with Gasteiger partial charge < -0.3 is 10.1 Å². The summed E-state index contributed by atoms with van der Waals surface area (Å²) in [6, 6.07) is 7.80. The van der Waals surface area contributed by atoms with E-state index in [1.807, 2.05) is 31.2 Å². The van der Waals surface area contributed by atoms with Crippen LogP contribution in [0, 0.1) is 5.92 Å². The number of ether oxygens (including phenoxy) is 1. The molecule has 0 radical (unpaired) electrons. The summed E-state index contributed by atoms with van der Waals surface area (Å²) in [6.07, 6.45) is 12.1. The predicted molar refractivity (Wildman–Crippen MR) is 137 cm³/mol. The lowest BCUT2D eigenvalue weighted by molar-refractivity contribution is -0.139. The maximum Gasteiger partial charge on any atom is 0.336 e. The van der Waals surface area contributed by atoms with Crippen LogP contribution in [0.15, 0.2) is 34.9 Å². The average molecular weight is 472 g/mol. The van der Waals surface area contributed by atoms with Crippen molar-refractivity contribution < 1.29 is 14.3 Å². The maximum absolute atomic E-state index is 13.1. The van der Waals surface area contributed by atoms with Crippen molar-refractivity contribution in [2.45, 2.75) is 103 Å². The third kappa shape index (κ3) is 7.11. The number of fused-ring (bicyclic) bond motifs is 1. The number of nitrogens with one attached hydrogen (secondary N) is 1. The highest BCUT2D eigenvalue weighted by atomic mass is 32.2. The molecule has 1 fully saturated rings. The number of hydrogen-bond acceptors (Lipinski definition) is 4. The Kier molecular flexibility index (Phi) is 9.48. The summed E-state index contributed by atoms with van der Waals surface area (Å²) in [6.45, 7) is 8.67. The van der Waals surface area contributed by atoms with Gasteiger partial charge in [0.1, 0.15) is 0 Å². The number of esters is 1. The van der Waals surface area contributed by atoms with Gasteiger partial charge in [0, 0.05) is 16.7 Å². The van der Waals surface area contributed by atoms with Gasteiger partial charge in [-0.2, -0.15) is 0 Å². The van der Waals surface area contributed by atoms with Crippen LogP contribution < -0.4 is 5.32 Å². The molecule has 0 unspecified atom stereocenters. The minimum atomic E-state index is -0.261. The maximum atomic E-state index is 13.1. The molecule has 1 aliphatic heterocycles. The summed E-state index contributed by atoms with van der Waals surface area (Å²) in [7, 11) is 0. The standard InChI is InChI=1S/C28H41NO3S/c1-5-32-27(31)24-22-14-12-10-8-6-7-9-11-13-15-23(22)33-26(24)29-25(30)20-16-18-21(19-17-20)28(2,3)4/h16-19,22-23H,5-15H2,1-4H3,(H,29,30)/t22-,23+/m1/s1. The first-order valence-electron chi connectivity index (χ1n) is 12.8. The molecular formula is C28H41NO3S. The number of carbonyl (C=O) groups is 2. The van der Waals surface area contributed by atoms with E-state index in [9.17, 15) is 9.59 Å². The fraction of sp³-hybridized carbons (Fsp3) is 0.643. The van der Waals surface area contributed by atoms with Crippen LogP contribution in [-0.2, 0) is 14.9 Å². The third-order valence-electron chi connectivity index (χ3n) is 6.82. The van der Waals surface area contributed by atoms with Gasteiger partial charge in [0.05, 0.1) is 17.2 Å². The average Bonchev–Trinajstić information content (AvgIpc) is 3.10. The van der Waals surface area contributed by atoms with E-state index in [1.165, 1.54) is 50.5 Å². The predicted octanol–water partition coefficient (Wildman–Crippen LogP) is 7.13. The highest BCUT2D eigenvalue weighted by Crippen LogP contribution is 2.46. The van der Waals surface area contributed by atoms with Crippen molar-refractivity contribution in [3.05, 3.63) is 46.0 Å². The van der Waals surface area contributed by atoms with Crippen LogP contribution in [0.5, 0.6) is 0 Å². The highest BCUT2D eigenvalue weighted by molar-refractivity contribution is 8.04. The lowest BCUT2D eigenvalue weighted by Gasteiger charge is -2.21. The first-order valence-corrected chi connectivity index (χ1v) is 13.7. The molecule has 0 aromatic heterocycles. The molecule has 1 N–H and O–H groups in total. The van der Waals surface area contributed by atoms with E-state index in [1.54, 1.807) is 11.8 Å². The van der Waals surface area contributed by atoms with Gasteiger partial charge in [0.25, 0.3) is 5.91 Å². The lowest BCUT2D eigenvalue weighted by atomic mass is 9.86. The number of hydrogen-bond donors (Lipinski definition) is 1. The number of benzene rings is 1. The molecule has 2 aliphatic rings. The Morgan fingerprint density at radius 2 is 1.52 bits per heavy atom. The molecule has 0 spiro atoms. The van der Waals surface area contributed by atoms with E-state index in [0.29, 0.717) is 28.0 Å². The molecule has 2 atom stereocenters. The van der Waals surface area contributed by atoms with Gasteiger partial charge in [-0.25, -0.2) is 4.79 Å². The largest absolute Gasteiger partial charge is 0.463 e. The van der Waals surface area contributed by atoms with Crippen molar-refractivity contribution in [1.82, 2.24) is 5.32 Å². The second-order valence-electron chi connectivity index (χ2n) is 10.4. The molecule has 0 bridgehead atoms. The summed E-state index contributed by atoms with van der Waals surface area (Å²) in [4.78, 5) is 26.1. The smallest absolute Gasteiger partial charge is 0.336 e. The second-order valence-corrected chi connectivity index (χ2v) is 11.7. The quantitative estimate of drug-likeness (QED) is 0.474. The van der Waals surface area contributed by atoms with Gasteiger partial charge in [0.2, 0.25) is 0 Å². The minimum Gasteiger partial charge on any atom is -0.463 e. The second kappa shape index (κ2) is 12.1. The van der Waals surface area contributed by atoms with E-state index in [0.717, 1.165) is 19.3 Å². The Morgan fingerprint density at radius 3 is 2.09 bits per heavy atom. The number of thioether (sulfide) groups is 1. The molecule has 33 heavy (non-hydrogen) atoms. The first-order chi connectivity index (χ1) is 15.8. The van der Waals surface area contributed by atoms with Gasteiger partial charge in [-0.15, -0.1) is 11.8 Å². The molecule has 5 heteroatoms. The lowest BCUT2D eigenvalue weighted by Crippen LogP contribution is -2.25. The number of rotatable bonds is 4. The summed E-state index contributed by atoms with van der Waals surface area (Å²) in [5, 5.41) is 4.15. The summed E-state index contributed by atoms with van der Waals surface area (Å²) in [5.41, 5.74) is 2.55. The molecule has 0 saturated heterocycles. The minimum absolute atomic E-state index is 0.0395. The molecule has 1 saturated carbocycles. The fourth-order valence-corrected chi connectivity index (χ4v) is 6.40. The van der Waals surface area contributed by atoms with Gasteiger partial charge in [0.15, 0.2) is 0 Å². The first kappa shape index (κ1) is 25.9. The molecule has 3 rings (SSSR count). The van der Waals surface area contributed by atoms with Gasteiger partial charge in [-0.3, -0.25) is 4.79 Å². The van der Waals surface area contributed by atoms with Crippen LogP contribution in [0.4, 0.5) is 0 Å². The van der Waals surface area contributed by atoms with Crippen molar-refractivity contribution in [3.8, 4) is 0 Å². The van der Waals surface area contributed by atoms with Crippen LogP contribution >= 0.6 is 11.8 Å². The Labute approximate surface area is 204 Å². The van der Waals surface area contributed by atoms with Crippen LogP contribution in [0.25, 0.3) is 0 Å². The van der Waals surface area contributed by atoms with Gasteiger partial charge >= 0.3 is 5.97 Å². The van der Waals surface area contributed by atoms with Crippen molar-refractivity contribution >= 4 is 23.6 Å². The van der Waals surface area contributed by atoms with E-state index in [2.05, 4.69) is 26.1 Å². The van der Waals surface area contributed by atoms with Crippen LogP contribution in [0.2, 0.25) is 0 Å². The van der Waals surface area contributed by atoms with Crippen molar-refractivity contribution in [2.24, 2.45) is 5.92 Å². The monoisotopic (exact) mass is 471 g/mol.